The second kappa shape index (κ2) is 12.6. The smallest absolute Gasteiger partial charge is 0.261 e. The third-order valence-electron chi connectivity index (χ3n) is 6.30. The minimum atomic E-state index is -2.78. The zero-order valence-corrected chi connectivity index (χ0v) is 22.5. The Morgan fingerprint density at radius 3 is 1.94 bits per heavy atom. The number of azide groups is 1. The Morgan fingerprint density at radius 2 is 1.50 bits per heavy atom. The maximum atomic E-state index is 9.36. The van der Waals surface area contributed by atoms with Crippen molar-refractivity contribution < 1.29 is 13.9 Å². The molecule has 0 aromatic heterocycles. The minimum Gasteiger partial charge on any atom is -0.497 e. The molecule has 6 nitrogen and oxygen atoms in total. The van der Waals surface area contributed by atoms with Crippen molar-refractivity contribution in [3.8, 4) is 5.75 Å². The van der Waals surface area contributed by atoms with Crippen LogP contribution in [0.3, 0.4) is 0 Å². The number of nitrogens with zero attached hydrogens (tertiary/aromatic N) is 3. The molecule has 0 saturated carbocycles. The number of benzene rings is 3. The van der Waals surface area contributed by atoms with Crippen LogP contribution in [0.5, 0.6) is 5.75 Å². The molecule has 36 heavy (non-hydrogen) atoms. The highest BCUT2D eigenvalue weighted by Crippen LogP contribution is 2.37. The lowest BCUT2D eigenvalue weighted by Gasteiger charge is -2.43. The van der Waals surface area contributed by atoms with Crippen LogP contribution in [-0.4, -0.2) is 34.2 Å². The summed E-state index contributed by atoms with van der Waals surface area (Å²) in [5.41, 5.74) is 10.3. The molecule has 0 saturated heterocycles. The molecule has 0 unspecified atom stereocenters. The molecule has 0 fully saturated rings. The van der Waals surface area contributed by atoms with E-state index in [0.29, 0.717) is 6.61 Å². The highest BCUT2D eigenvalue weighted by molar-refractivity contribution is 6.99. The summed E-state index contributed by atoms with van der Waals surface area (Å²) in [5, 5.41) is 6.21. The lowest BCUT2D eigenvalue weighted by Crippen LogP contribution is -2.67. The quantitative estimate of drug-likeness (QED) is 0.100. The number of rotatable bonds is 12. The first-order chi connectivity index (χ1) is 17.4. The fourth-order valence-electron chi connectivity index (χ4n) is 4.48. The zero-order valence-electron chi connectivity index (χ0n) is 21.5. The van der Waals surface area contributed by atoms with Crippen LogP contribution in [0.15, 0.2) is 103 Å². The minimum absolute atomic E-state index is 0.190. The summed E-state index contributed by atoms with van der Waals surface area (Å²) in [4.78, 5) is 3.11. The molecule has 0 heterocycles. The maximum Gasteiger partial charge on any atom is 0.261 e. The molecule has 2 atom stereocenters. The molecule has 0 aliphatic heterocycles. The van der Waals surface area contributed by atoms with E-state index in [4.69, 9.17) is 13.9 Å². The molecule has 0 aliphatic carbocycles. The molecule has 188 valence electrons. The van der Waals surface area contributed by atoms with Crippen molar-refractivity contribution >= 4 is 18.7 Å². The van der Waals surface area contributed by atoms with E-state index in [0.717, 1.165) is 21.7 Å². The van der Waals surface area contributed by atoms with Crippen LogP contribution in [0.4, 0.5) is 0 Å². The van der Waals surface area contributed by atoms with E-state index < -0.39 is 20.5 Å². The van der Waals surface area contributed by atoms with Crippen molar-refractivity contribution in [1.82, 2.24) is 0 Å². The largest absolute Gasteiger partial charge is 0.497 e. The summed E-state index contributed by atoms with van der Waals surface area (Å²) in [6.07, 6.45) is 1.17. The van der Waals surface area contributed by atoms with E-state index in [2.05, 4.69) is 61.6 Å². The van der Waals surface area contributed by atoms with Crippen molar-refractivity contribution in [2.45, 2.75) is 44.6 Å². The molecule has 0 spiro atoms. The average molecular weight is 502 g/mol. The van der Waals surface area contributed by atoms with Gasteiger partial charge >= 0.3 is 0 Å². The summed E-state index contributed by atoms with van der Waals surface area (Å²) < 4.78 is 18.3. The van der Waals surface area contributed by atoms with E-state index in [-0.39, 0.29) is 11.6 Å². The highest BCUT2D eigenvalue weighted by atomic mass is 28.4. The predicted octanol–water partition coefficient (Wildman–Crippen LogP) is 6.02. The monoisotopic (exact) mass is 501 g/mol. The van der Waals surface area contributed by atoms with Crippen molar-refractivity contribution in [3.63, 3.8) is 0 Å². The van der Waals surface area contributed by atoms with E-state index in [1.54, 1.807) is 13.2 Å². The van der Waals surface area contributed by atoms with Gasteiger partial charge in [-0.15, -0.1) is 6.58 Å². The number of hydrogen-bond donors (Lipinski definition) is 0. The van der Waals surface area contributed by atoms with Crippen LogP contribution < -0.4 is 15.1 Å². The van der Waals surface area contributed by atoms with E-state index in [9.17, 15) is 5.53 Å². The van der Waals surface area contributed by atoms with Crippen molar-refractivity contribution in [1.29, 1.82) is 0 Å². The fraction of sp³-hybridized carbons (Fsp3) is 0.310. The Labute approximate surface area is 215 Å². The van der Waals surface area contributed by atoms with E-state index >= 15 is 0 Å². The molecule has 0 radical (unpaired) electrons. The molecular formula is C29H35N3O3Si. The molecule has 0 amide bonds. The molecule has 7 heteroatoms. The summed E-state index contributed by atoms with van der Waals surface area (Å²) in [7, 11) is -1.15. The number of methoxy groups -OCH3 is 1. The van der Waals surface area contributed by atoms with Crippen LogP contribution in [0.25, 0.3) is 10.4 Å². The molecule has 3 rings (SSSR count). The average Bonchev–Trinajstić information content (AvgIpc) is 2.90. The fourth-order valence-corrected chi connectivity index (χ4v) is 9.06. The van der Waals surface area contributed by atoms with Crippen molar-refractivity contribution in [2.24, 2.45) is 5.11 Å². The third-order valence-corrected chi connectivity index (χ3v) is 11.3. The third kappa shape index (κ3) is 6.25. The molecule has 0 bridgehead atoms. The molecule has 0 aliphatic rings. The Morgan fingerprint density at radius 1 is 0.944 bits per heavy atom. The van der Waals surface area contributed by atoms with Crippen LogP contribution in [0.1, 0.15) is 26.3 Å². The predicted molar refractivity (Wildman–Crippen MR) is 148 cm³/mol. The van der Waals surface area contributed by atoms with Gasteiger partial charge in [-0.25, -0.2) is 0 Å². The zero-order chi connectivity index (χ0) is 26.0. The first-order valence-electron chi connectivity index (χ1n) is 12.0. The van der Waals surface area contributed by atoms with Gasteiger partial charge in [-0.2, -0.15) is 0 Å². The molecular weight excluding hydrogens is 466 g/mol. The summed E-state index contributed by atoms with van der Waals surface area (Å²) in [5.74, 6) is 0.782. The van der Waals surface area contributed by atoms with Gasteiger partial charge in [0, 0.05) is 11.5 Å². The molecule has 3 aromatic carbocycles. The Hall–Kier alpha value is -3.35. The van der Waals surface area contributed by atoms with E-state index in [1.165, 1.54) is 0 Å². The SMILES string of the molecule is C=C[C@@H](OCc1ccc(OC)cc1)[C@H](CO[Si](c1ccccc1)(c1ccccc1)C(C)(C)C)N=[N+]=[N-]. The lowest BCUT2D eigenvalue weighted by molar-refractivity contribution is 0.0425. The van der Waals surface area contributed by atoms with Gasteiger partial charge in [0.25, 0.3) is 8.32 Å². The van der Waals surface area contributed by atoms with Gasteiger partial charge in [-0.1, -0.05) is 105 Å². The van der Waals surface area contributed by atoms with Gasteiger partial charge in [0.1, 0.15) is 5.75 Å². The van der Waals surface area contributed by atoms with Crippen LogP contribution >= 0.6 is 0 Å². The number of ether oxygens (including phenoxy) is 2. The first-order valence-corrected chi connectivity index (χ1v) is 13.9. The van der Waals surface area contributed by atoms with E-state index in [1.807, 2.05) is 60.7 Å². The second-order valence-corrected chi connectivity index (χ2v) is 13.9. The summed E-state index contributed by atoms with van der Waals surface area (Å²) in [6.45, 7) is 11.1. The van der Waals surface area contributed by atoms with Gasteiger partial charge in [0.15, 0.2) is 0 Å². The summed E-state index contributed by atoms with van der Waals surface area (Å²) in [6, 6.07) is 27.8. The van der Waals surface area contributed by atoms with Gasteiger partial charge in [0.2, 0.25) is 0 Å². The Bertz CT molecular complexity index is 1100. The lowest BCUT2D eigenvalue weighted by atomic mass is 10.1. The maximum absolute atomic E-state index is 9.36. The Kier molecular flexibility index (Phi) is 9.50. The van der Waals surface area contributed by atoms with Crippen LogP contribution in [0.2, 0.25) is 5.04 Å². The second-order valence-electron chi connectivity index (χ2n) is 9.61. The number of hydrogen-bond acceptors (Lipinski definition) is 4. The van der Waals surface area contributed by atoms with Crippen molar-refractivity contribution in [2.75, 3.05) is 13.7 Å². The topological polar surface area (TPSA) is 76.5 Å². The van der Waals surface area contributed by atoms with Gasteiger partial charge in [-0.05, 0) is 38.6 Å². The Balaban J connectivity index is 1.90. The normalized spacial score (nSPS) is 13.3. The first kappa shape index (κ1) is 27.2. The van der Waals surface area contributed by atoms with Crippen molar-refractivity contribution in [3.05, 3.63) is 114 Å². The highest BCUT2D eigenvalue weighted by Gasteiger charge is 2.50. The van der Waals surface area contributed by atoms with Gasteiger partial charge in [-0.3, -0.25) is 0 Å². The molecule has 0 N–H and O–H groups in total. The standard InChI is InChI=1S/C29H35N3O3Si/c1-6-28(34-21-23-17-19-24(33-5)20-18-23)27(31-32-30)22-35-36(29(2,3)4,25-13-9-7-10-14-25)26-15-11-8-12-16-26/h6-20,27-28H,1,21-22H2,2-5H3/t27-,28+/m0/s1. The van der Waals surface area contributed by atoms with Crippen LogP contribution in [-0.2, 0) is 15.8 Å². The van der Waals surface area contributed by atoms with Gasteiger partial charge in [0.05, 0.1) is 25.9 Å². The molecule has 3 aromatic rings. The van der Waals surface area contributed by atoms with Crippen LogP contribution in [0, 0.1) is 0 Å². The summed E-state index contributed by atoms with van der Waals surface area (Å²) >= 11 is 0. The van der Waals surface area contributed by atoms with Gasteiger partial charge < -0.3 is 13.9 Å².